The van der Waals surface area contributed by atoms with Gasteiger partial charge in [-0.3, -0.25) is 9.69 Å². The van der Waals surface area contributed by atoms with Crippen LogP contribution < -0.4 is 0 Å². The molecule has 88 valence electrons. The zero-order valence-corrected chi connectivity index (χ0v) is 9.61. The molecule has 4 heteroatoms. The summed E-state index contributed by atoms with van der Waals surface area (Å²) in [6.07, 6.45) is 2.72. The summed E-state index contributed by atoms with van der Waals surface area (Å²) < 4.78 is 5.58. The largest absolute Gasteiger partial charge is 0.481 e. The number of likely N-dealkylation sites (tertiary alicyclic amines) is 1. The van der Waals surface area contributed by atoms with Crippen molar-refractivity contribution in [1.29, 1.82) is 0 Å². The standard InChI is InChI=1S/C11H21NO3/c1-3-15-10-5-4-6-12(8-10)9(2)7-11(13)14/h9-10H,3-8H2,1-2H3,(H,13,14). The second-order valence-corrected chi connectivity index (χ2v) is 4.16. The molecule has 1 rings (SSSR count). The van der Waals surface area contributed by atoms with Crippen LogP contribution in [0.1, 0.15) is 33.1 Å². The van der Waals surface area contributed by atoms with E-state index in [1.54, 1.807) is 0 Å². The van der Waals surface area contributed by atoms with Crippen molar-refractivity contribution in [2.45, 2.75) is 45.3 Å². The van der Waals surface area contributed by atoms with Crippen LogP contribution in [0.5, 0.6) is 0 Å². The van der Waals surface area contributed by atoms with Crippen LogP contribution in [-0.2, 0) is 9.53 Å². The molecule has 1 fully saturated rings. The summed E-state index contributed by atoms with van der Waals surface area (Å²) in [5, 5.41) is 8.73. The first kappa shape index (κ1) is 12.5. The van der Waals surface area contributed by atoms with Crippen molar-refractivity contribution in [2.24, 2.45) is 0 Å². The molecule has 0 aromatic carbocycles. The van der Waals surface area contributed by atoms with Crippen LogP contribution in [-0.4, -0.2) is 47.8 Å². The van der Waals surface area contributed by atoms with E-state index >= 15 is 0 Å². The fraction of sp³-hybridized carbons (Fsp3) is 0.909. The van der Waals surface area contributed by atoms with Gasteiger partial charge in [0.25, 0.3) is 0 Å². The van der Waals surface area contributed by atoms with Crippen molar-refractivity contribution in [1.82, 2.24) is 4.90 Å². The van der Waals surface area contributed by atoms with Gasteiger partial charge in [0.1, 0.15) is 0 Å². The van der Waals surface area contributed by atoms with Crippen molar-refractivity contribution in [2.75, 3.05) is 19.7 Å². The van der Waals surface area contributed by atoms with Crippen molar-refractivity contribution in [3.63, 3.8) is 0 Å². The highest BCUT2D eigenvalue weighted by atomic mass is 16.5. The SMILES string of the molecule is CCOC1CCCN(C(C)CC(=O)O)C1. The number of nitrogens with zero attached hydrogens (tertiary/aromatic N) is 1. The molecule has 0 aromatic rings. The molecular formula is C11H21NO3. The zero-order valence-electron chi connectivity index (χ0n) is 9.61. The van der Waals surface area contributed by atoms with Crippen molar-refractivity contribution in [3.8, 4) is 0 Å². The molecule has 1 aliphatic rings. The smallest absolute Gasteiger partial charge is 0.304 e. The van der Waals surface area contributed by atoms with E-state index in [0.717, 1.165) is 32.5 Å². The first-order valence-electron chi connectivity index (χ1n) is 5.71. The Morgan fingerprint density at radius 2 is 2.40 bits per heavy atom. The molecule has 1 N–H and O–H groups in total. The van der Waals surface area contributed by atoms with E-state index in [9.17, 15) is 4.79 Å². The van der Waals surface area contributed by atoms with E-state index in [0.29, 0.717) is 6.10 Å². The lowest BCUT2D eigenvalue weighted by Gasteiger charge is -2.36. The van der Waals surface area contributed by atoms with Gasteiger partial charge in [0, 0.05) is 19.2 Å². The van der Waals surface area contributed by atoms with Gasteiger partial charge in [0.2, 0.25) is 0 Å². The lowest BCUT2D eigenvalue weighted by atomic mass is 10.0. The molecule has 0 spiro atoms. The number of piperidine rings is 1. The van der Waals surface area contributed by atoms with E-state index in [1.807, 2.05) is 13.8 Å². The third-order valence-corrected chi connectivity index (χ3v) is 2.91. The van der Waals surface area contributed by atoms with Crippen LogP contribution in [0.3, 0.4) is 0 Å². The summed E-state index contributed by atoms with van der Waals surface area (Å²) in [6, 6.07) is 0.116. The molecule has 4 nitrogen and oxygen atoms in total. The van der Waals surface area contributed by atoms with Gasteiger partial charge < -0.3 is 9.84 Å². The zero-order chi connectivity index (χ0) is 11.3. The van der Waals surface area contributed by atoms with Gasteiger partial charge in [-0.15, -0.1) is 0 Å². The average molecular weight is 215 g/mol. The Hall–Kier alpha value is -0.610. The van der Waals surface area contributed by atoms with Crippen LogP contribution in [0, 0.1) is 0 Å². The van der Waals surface area contributed by atoms with Crippen LogP contribution in [0.4, 0.5) is 0 Å². The summed E-state index contributed by atoms with van der Waals surface area (Å²) in [5.74, 6) is -0.721. The van der Waals surface area contributed by atoms with Crippen LogP contribution in [0.2, 0.25) is 0 Å². The molecule has 0 aliphatic carbocycles. The maximum Gasteiger partial charge on any atom is 0.304 e. The number of ether oxygens (including phenoxy) is 1. The minimum atomic E-state index is -0.721. The summed E-state index contributed by atoms with van der Waals surface area (Å²) in [5.41, 5.74) is 0. The Morgan fingerprint density at radius 3 is 3.00 bits per heavy atom. The first-order valence-corrected chi connectivity index (χ1v) is 5.71. The van der Waals surface area contributed by atoms with Gasteiger partial charge in [-0.1, -0.05) is 0 Å². The predicted molar refractivity (Wildman–Crippen MR) is 57.9 cm³/mol. The van der Waals surface area contributed by atoms with E-state index in [4.69, 9.17) is 9.84 Å². The molecule has 1 aliphatic heterocycles. The highest BCUT2D eigenvalue weighted by Gasteiger charge is 2.24. The lowest BCUT2D eigenvalue weighted by Crippen LogP contribution is -2.45. The molecule has 1 saturated heterocycles. The monoisotopic (exact) mass is 215 g/mol. The number of carboxylic acids is 1. The number of carbonyl (C=O) groups is 1. The van der Waals surface area contributed by atoms with E-state index in [1.165, 1.54) is 0 Å². The summed E-state index contributed by atoms with van der Waals surface area (Å²) in [6.45, 7) is 6.59. The third-order valence-electron chi connectivity index (χ3n) is 2.91. The highest BCUT2D eigenvalue weighted by molar-refractivity contribution is 5.67. The molecule has 0 saturated carbocycles. The summed E-state index contributed by atoms with van der Waals surface area (Å²) in [7, 11) is 0. The topological polar surface area (TPSA) is 49.8 Å². The van der Waals surface area contributed by atoms with E-state index < -0.39 is 5.97 Å². The first-order chi connectivity index (χ1) is 7.13. The predicted octanol–water partition coefficient (Wildman–Crippen LogP) is 1.35. The Bertz CT molecular complexity index is 206. The van der Waals surface area contributed by atoms with Gasteiger partial charge in [0.05, 0.1) is 12.5 Å². The fourth-order valence-electron chi connectivity index (χ4n) is 2.12. The Kier molecular flexibility index (Phi) is 5.05. The number of carboxylic acid groups (broad SMARTS) is 1. The van der Waals surface area contributed by atoms with Crippen molar-refractivity contribution >= 4 is 5.97 Å². The Labute approximate surface area is 91.2 Å². The molecule has 15 heavy (non-hydrogen) atoms. The minimum Gasteiger partial charge on any atom is -0.481 e. The van der Waals surface area contributed by atoms with Crippen LogP contribution in [0.15, 0.2) is 0 Å². The maximum absolute atomic E-state index is 10.6. The number of aliphatic carboxylic acids is 1. The quantitative estimate of drug-likeness (QED) is 0.752. The fourth-order valence-corrected chi connectivity index (χ4v) is 2.12. The molecule has 0 amide bonds. The molecular weight excluding hydrogens is 194 g/mol. The van der Waals surface area contributed by atoms with Gasteiger partial charge in [-0.25, -0.2) is 0 Å². The van der Waals surface area contributed by atoms with Crippen LogP contribution in [0.25, 0.3) is 0 Å². The lowest BCUT2D eigenvalue weighted by molar-refractivity contribution is -0.138. The molecule has 0 bridgehead atoms. The summed E-state index contributed by atoms with van der Waals surface area (Å²) in [4.78, 5) is 12.8. The van der Waals surface area contributed by atoms with Gasteiger partial charge in [-0.05, 0) is 33.2 Å². The molecule has 0 radical (unpaired) electrons. The minimum absolute atomic E-state index is 0.116. The number of hydrogen-bond donors (Lipinski definition) is 1. The van der Waals surface area contributed by atoms with E-state index in [2.05, 4.69) is 4.90 Å². The molecule has 2 atom stereocenters. The van der Waals surface area contributed by atoms with Gasteiger partial charge in [0.15, 0.2) is 0 Å². The van der Waals surface area contributed by atoms with E-state index in [-0.39, 0.29) is 12.5 Å². The average Bonchev–Trinajstić information content (AvgIpc) is 2.17. The van der Waals surface area contributed by atoms with Gasteiger partial charge >= 0.3 is 5.97 Å². The molecule has 2 unspecified atom stereocenters. The van der Waals surface area contributed by atoms with Crippen molar-refractivity contribution < 1.29 is 14.6 Å². The van der Waals surface area contributed by atoms with Crippen LogP contribution >= 0.6 is 0 Å². The normalized spacial score (nSPS) is 25.1. The van der Waals surface area contributed by atoms with Crippen molar-refractivity contribution in [3.05, 3.63) is 0 Å². The third kappa shape index (κ3) is 4.18. The maximum atomic E-state index is 10.6. The molecule has 1 heterocycles. The highest BCUT2D eigenvalue weighted by Crippen LogP contribution is 2.16. The number of rotatable bonds is 5. The number of hydrogen-bond acceptors (Lipinski definition) is 3. The second kappa shape index (κ2) is 6.08. The molecule has 0 aromatic heterocycles. The summed E-state index contributed by atoms with van der Waals surface area (Å²) >= 11 is 0. The Morgan fingerprint density at radius 1 is 1.67 bits per heavy atom. The Balaban J connectivity index is 2.37. The second-order valence-electron chi connectivity index (χ2n) is 4.16. The van der Waals surface area contributed by atoms with Gasteiger partial charge in [-0.2, -0.15) is 0 Å².